The molecule has 198 valence electrons. The number of oxazole rings is 1. The summed E-state index contributed by atoms with van der Waals surface area (Å²) < 4.78 is 16.8. The van der Waals surface area contributed by atoms with E-state index in [4.69, 9.17) is 18.9 Å². The first-order chi connectivity index (χ1) is 18.6. The summed E-state index contributed by atoms with van der Waals surface area (Å²) in [6.45, 7) is 5.99. The molecule has 4 aliphatic rings. The van der Waals surface area contributed by atoms with Crippen molar-refractivity contribution in [2.75, 3.05) is 46.0 Å². The van der Waals surface area contributed by atoms with Crippen molar-refractivity contribution in [3.05, 3.63) is 68.8 Å². The summed E-state index contributed by atoms with van der Waals surface area (Å²) in [7, 11) is 0. The number of carbonyl (C=O) groups excluding carboxylic acids is 1. The molecule has 1 saturated heterocycles. The van der Waals surface area contributed by atoms with E-state index in [1.54, 1.807) is 0 Å². The normalized spacial score (nSPS) is 20.5. The van der Waals surface area contributed by atoms with Gasteiger partial charge in [0.2, 0.25) is 5.88 Å². The van der Waals surface area contributed by atoms with Crippen LogP contribution in [0.15, 0.2) is 50.7 Å². The first-order valence-electron chi connectivity index (χ1n) is 13.6. The van der Waals surface area contributed by atoms with E-state index in [1.165, 1.54) is 11.1 Å². The third-order valence-electron chi connectivity index (χ3n) is 8.14. The van der Waals surface area contributed by atoms with E-state index in [2.05, 4.69) is 9.88 Å². The zero-order valence-electron chi connectivity index (χ0n) is 21.4. The maximum absolute atomic E-state index is 13.6. The summed E-state index contributed by atoms with van der Waals surface area (Å²) in [6, 6.07) is 9.65. The number of benzene rings is 1. The number of pyridine rings is 1. The van der Waals surface area contributed by atoms with Crippen LogP contribution in [0.3, 0.4) is 0 Å². The third kappa shape index (κ3) is 4.88. The minimum atomic E-state index is -0.430. The Balaban J connectivity index is 0.990. The molecule has 0 spiro atoms. The van der Waals surface area contributed by atoms with Crippen LogP contribution in [0.4, 0.5) is 0 Å². The summed E-state index contributed by atoms with van der Waals surface area (Å²) >= 11 is 0. The molecule has 0 atom stereocenters. The van der Waals surface area contributed by atoms with Crippen LogP contribution in [0, 0.1) is 5.92 Å². The molecule has 38 heavy (non-hydrogen) atoms. The average molecular weight is 517 g/mol. The van der Waals surface area contributed by atoms with E-state index in [9.17, 15) is 9.59 Å². The van der Waals surface area contributed by atoms with Crippen molar-refractivity contribution in [2.24, 2.45) is 5.92 Å². The monoisotopic (exact) mass is 516 g/mol. The molecule has 9 nitrogen and oxygen atoms in total. The van der Waals surface area contributed by atoms with Crippen LogP contribution in [0.5, 0.6) is 5.88 Å². The highest BCUT2D eigenvalue weighted by atomic mass is 16.5. The van der Waals surface area contributed by atoms with Gasteiger partial charge in [0, 0.05) is 69.2 Å². The molecular weight excluding hydrogens is 484 g/mol. The number of amides is 1. The Morgan fingerprint density at radius 1 is 1.03 bits per heavy atom. The minimum absolute atomic E-state index is 0.0547. The van der Waals surface area contributed by atoms with Crippen LogP contribution >= 0.6 is 0 Å². The summed E-state index contributed by atoms with van der Waals surface area (Å²) in [5, 5.41) is 0. The van der Waals surface area contributed by atoms with Gasteiger partial charge >= 0.3 is 5.76 Å². The zero-order valence-corrected chi connectivity index (χ0v) is 21.4. The molecule has 9 heteroatoms. The van der Waals surface area contributed by atoms with Gasteiger partial charge in [0.1, 0.15) is 0 Å². The number of aromatic amines is 1. The van der Waals surface area contributed by atoms with Gasteiger partial charge in [-0.15, -0.1) is 0 Å². The van der Waals surface area contributed by atoms with Crippen molar-refractivity contribution in [1.29, 1.82) is 0 Å². The number of rotatable bonds is 7. The molecule has 5 heterocycles. The van der Waals surface area contributed by atoms with Gasteiger partial charge in [-0.1, -0.05) is 6.07 Å². The van der Waals surface area contributed by atoms with Gasteiger partial charge in [-0.2, -0.15) is 0 Å². The molecule has 1 N–H and O–H groups in total. The number of fused-ring (bicyclic) bond motifs is 1. The molecule has 1 aromatic carbocycles. The fraction of sp³-hybridized carbons (Fsp3) is 0.483. The van der Waals surface area contributed by atoms with Crippen molar-refractivity contribution in [2.45, 2.75) is 38.1 Å². The number of hydrogen-bond donors (Lipinski definition) is 1. The number of H-pyrrole nitrogens is 1. The number of nitrogens with one attached hydrogen (secondary N) is 1. The molecule has 1 amide bonds. The van der Waals surface area contributed by atoms with E-state index in [1.807, 2.05) is 35.2 Å². The Kier molecular flexibility index (Phi) is 6.05. The quantitative estimate of drug-likeness (QED) is 0.480. The van der Waals surface area contributed by atoms with Gasteiger partial charge in [-0.25, -0.2) is 9.78 Å². The van der Waals surface area contributed by atoms with Crippen molar-refractivity contribution >= 4 is 17.0 Å². The Hall–Kier alpha value is -3.43. The molecule has 0 radical (unpaired) electrons. The summed E-state index contributed by atoms with van der Waals surface area (Å²) in [5.74, 6) is 1.12. The molecule has 7 rings (SSSR count). The van der Waals surface area contributed by atoms with E-state index in [0.717, 1.165) is 69.8 Å². The van der Waals surface area contributed by atoms with E-state index < -0.39 is 5.76 Å². The number of ether oxygens (including phenoxy) is 2. The Bertz CT molecular complexity index is 1450. The van der Waals surface area contributed by atoms with Crippen LogP contribution < -0.4 is 10.5 Å². The fourth-order valence-corrected chi connectivity index (χ4v) is 5.87. The number of nitrogens with zero attached hydrogens (tertiary/aromatic N) is 3. The highest BCUT2D eigenvalue weighted by molar-refractivity contribution is 5.95. The lowest BCUT2D eigenvalue weighted by Crippen LogP contribution is -2.34. The molecule has 2 fully saturated rings. The molecule has 0 bridgehead atoms. The van der Waals surface area contributed by atoms with E-state index in [0.29, 0.717) is 54.1 Å². The van der Waals surface area contributed by atoms with Gasteiger partial charge in [-0.05, 0) is 66.5 Å². The van der Waals surface area contributed by atoms with Crippen molar-refractivity contribution in [3.8, 4) is 5.88 Å². The van der Waals surface area contributed by atoms with Crippen LogP contribution in [-0.4, -0.2) is 71.7 Å². The number of aromatic nitrogens is 2. The Labute approximate surface area is 220 Å². The third-order valence-corrected chi connectivity index (χ3v) is 8.14. The highest BCUT2D eigenvalue weighted by Crippen LogP contribution is 2.40. The minimum Gasteiger partial charge on any atom is -0.477 e. The van der Waals surface area contributed by atoms with E-state index in [-0.39, 0.29) is 5.91 Å². The van der Waals surface area contributed by atoms with Crippen LogP contribution in [0.2, 0.25) is 0 Å². The predicted molar refractivity (Wildman–Crippen MR) is 140 cm³/mol. The second-order valence-corrected chi connectivity index (χ2v) is 11.1. The summed E-state index contributed by atoms with van der Waals surface area (Å²) in [4.78, 5) is 36.8. The zero-order chi connectivity index (χ0) is 25.6. The lowest BCUT2D eigenvalue weighted by atomic mass is 10.0. The Morgan fingerprint density at radius 3 is 2.58 bits per heavy atom. The van der Waals surface area contributed by atoms with Crippen LogP contribution in [0.25, 0.3) is 11.1 Å². The maximum atomic E-state index is 13.6. The first-order valence-corrected chi connectivity index (χ1v) is 13.6. The van der Waals surface area contributed by atoms with Gasteiger partial charge in [0.15, 0.2) is 5.58 Å². The van der Waals surface area contributed by atoms with Crippen molar-refractivity contribution < 1.29 is 18.7 Å². The second-order valence-electron chi connectivity index (χ2n) is 11.1. The number of carbonyl (C=O) groups is 1. The molecule has 0 unspecified atom stereocenters. The largest absolute Gasteiger partial charge is 0.477 e. The molecule has 3 aliphatic heterocycles. The summed E-state index contributed by atoms with van der Waals surface area (Å²) in [6.07, 6.45) is 4.27. The standard InChI is InChI=1S/C29H32N4O5/c34-28(21-10-25(20-2-3-20)30-27(11-21)37-17-18-5-7-36-8-6-18)33-15-22-13-32(14-23(22)16-33)12-19-1-4-24-26(9-19)38-29(35)31-24/h1,4,9-11,18,20H,2-3,5-8,12-17H2,(H,31,35). The van der Waals surface area contributed by atoms with Gasteiger partial charge < -0.3 is 18.8 Å². The summed E-state index contributed by atoms with van der Waals surface area (Å²) in [5.41, 5.74) is 6.74. The second kappa shape index (κ2) is 9.71. The molecule has 2 aromatic heterocycles. The highest BCUT2D eigenvalue weighted by Gasteiger charge is 2.34. The fourth-order valence-electron chi connectivity index (χ4n) is 5.87. The molecule has 3 aromatic rings. The first kappa shape index (κ1) is 23.7. The van der Waals surface area contributed by atoms with E-state index >= 15 is 0 Å². The number of hydrogen-bond acceptors (Lipinski definition) is 7. The van der Waals surface area contributed by atoms with Gasteiger partial charge in [0.05, 0.1) is 12.1 Å². The molecule has 1 aliphatic carbocycles. The van der Waals surface area contributed by atoms with Crippen LogP contribution in [0.1, 0.15) is 53.2 Å². The average Bonchev–Trinajstić information content (AvgIpc) is 3.46. The lowest BCUT2D eigenvalue weighted by molar-refractivity contribution is 0.0490. The molecular formula is C29H32N4O5. The van der Waals surface area contributed by atoms with Gasteiger partial charge in [-0.3, -0.25) is 14.7 Å². The van der Waals surface area contributed by atoms with Crippen LogP contribution in [-0.2, 0) is 11.3 Å². The molecule has 1 saturated carbocycles. The van der Waals surface area contributed by atoms with Crippen molar-refractivity contribution in [1.82, 2.24) is 19.8 Å². The SMILES string of the molecule is O=C(c1cc(OCC2CCOCC2)nc(C2CC2)c1)N1CC2=C(CN(Cc3ccc4[nH]c(=O)oc4c3)C2)C1. The lowest BCUT2D eigenvalue weighted by Gasteiger charge is -2.24. The maximum Gasteiger partial charge on any atom is 0.417 e. The van der Waals surface area contributed by atoms with Crippen molar-refractivity contribution in [3.63, 3.8) is 0 Å². The predicted octanol–water partition coefficient (Wildman–Crippen LogP) is 3.47. The van der Waals surface area contributed by atoms with Gasteiger partial charge in [0.25, 0.3) is 5.91 Å². The smallest absolute Gasteiger partial charge is 0.417 e. The topological polar surface area (TPSA) is 101 Å². The Morgan fingerprint density at radius 2 is 1.82 bits per heavy atom.